The highest BCUT2D eigenvalue weighted by Crippen LogP contribution is 2.21. The summed E-state index contributed by atoms with van der Waals surface area (Å²) in [6.45, 7) is 8.48. The Kier molecular flexibility index (Phi) is 5.09. The van der Waals surface area contributed by atoms with Crippen molar-refractivity contribution in [2.24, 2.45) is 5.41 Å². The zero-order chi connectivity index (χ0) is 9.61. The molecule has 0 heterocycles. The monoisotopic (exact) mass is 174 g/mol. The quantitative estimate of drug-likeness (QED) is 0.453. The molecule has 0 saturated carbocycles. The van der Waals surface area contributed by atoms with Gasteiger partial charge in [0, 0.05) is 13.2 Å². The van der Waals surface area contributed by atoms with Gasteiger partial charge in [0.25, 0.3) is 0 Å². The third kappa shape index (κ3) is 3.32. The van der Waals surface area contributed by atoms with Crippen LogP contribution in [0.5, 0.6) is 0 Å². The Morgan fingerprint density at radius 3 is 1.92 bits per heavy atom. The molecule has 0 aromatic rings. The molecule has 0 amide bonds. The minimum absolute atomic E-state index is 0.426. The van der Waals surface area contributed by atoms with Gasteiger partial charge in [-0.25, -0.2) is 0 Å². The van der Waals surface area contributed by atoms with E-state index in [2.05, 4.69) is 0 Å². The van der Waals surface area contributed by atoms with E-state index in [9.17, 15) is 4.79 Å². The van der Waals surface area contributed by atoms with Gasteiger partial charge in [-0.3, -0.25) is 0 Å². The molecule has 0 saturated heterocycles. The molecule has 0 N–H and O–H groups in total. The first kappa shape index (κ1) is 11.6. The molecule has 3 heteroatoms. The second-order valence-corrected chi connectivity index (χ2v) is 3.18. The molecule has 0 fully saturated rings. The van der Waals surface area contributed by atoms with E-state index in [4.69, 9.17) is 9.47 Å². The van der Waals surface area contributed by atoms with Crippen LogP contribution in [-0.2, 0) is 14.3 Å². The Hall–Kier alpha value is -0.410. The number of hydrogen-bond donors (Lipinski definition) is 0. The third-order valence-corrected chi connectivity index (χ3v) is 1.55. The van der Waals surface area contributed by atoms with Gasteiger partial charge in [0.2, 0.25) is 0 Å². The molecule has 0 aliphatic carbocycles. The van der Waals surface area contributed by atoms with Gasteiger partial charge in [-0.15, -0.1) is 0 Å². The first-order valence-corrected chi connectivity index (χ1v) is 4.28. The molecular formula is C9H18O3. The predicted molar refractivity (Wildman–Crippen MR) is 46.9 cm³/mol. The highest BCUT2D eigenvalue weighted by molar-refractivity contribution is 5.58. The topological polar surface area (TPSA) is 35.5 Å². The van der Waals surface area contributed by atoms with Crippen molar-refractivity contribution in [1.82, 2.24) is 0 Å². The van der Waals surface area contributed by atoms with Crippen LogP contribution in [0.1, 0.15) is 27.7 Å². The maximum Gasteiger partial charge on any atom is 0.169 e. The molecule has 0 aliphatic rings. The van der Waals surface area contributed by atoms with Crippen molar-refractivity contribution in [2.75, 3.05) is 13.2 Å². The van der Waals surface area contributed by atoms with E-state index >= 15 is 0 Å². The van der Waals surface area contributed by atoms with Crippen LogP contribution in [0.15, 0.2) is 0 Å². The van der Waals surface area contributed by atoms with E-state index in [1.807, 2.05) is 13.8 Å². The van der Waals surface area contributed by atoms with Gasteiger partial charge in [-0.05, 0) is 27.7 Å². The van der Waals surface area contributed by atoms with Crippen LogP contribution < -0.4 is 0 Å². The van der Waals surface area contributed by atoms with Gasteiger partial charge < -0.3 is 14.3 Å². The summed E-state index contributed by atoms with van der Waals surface area (Å²) in [6, 6.07) is 0. The van der Waals surface area contributed by atoms with Crippen LogP contribution >= 0.6 is 0 Å². The largest absolute Gasteiger partial charge is 0.352 e. The van der Waals surface area contributed by atoms with E-state index in [0.717, 1.165) is 6.29 Å². The summed E-state index contributed by atoms with van der Waals surface area (Å²) in [5.41, 5.74) is -0.563. The number of aldehydes is 1. The summed E-state index contributed by atoms with van der Waals surface area (Å²) in [5.74, 6) is 0. The molecule has 3 nitrogen and oxygen atoms in total. The van der Waals surface area contributed by atoms with Gasteiger partial charge in [0.1, 0.15) is 6.29 Å². The SMILES string of the molecule is CCOC(OCC)C(C)(C)C=O. The highest BCUT2D eigenvalue weighted by atomic mass is 16.7. The van der Waals surface area contributed by atoms with Gasteiger partial charge in [-0.1, -0.05) is 0 Å². The molecule has 0 aromatic heterocycles. The molecule has 0 radical (unpaired) electrons. The van der Waals surface area contributed by atoms with Crippen LogP contribution in [0.2, 0.25) is 0 Å². The van der Waals surface area contributed by atoms with Crippen LogP contribution in [0.25, 0.3) is 0 Å². The fraction of sp³-hybridized carbons (Fsp3) is 0.889. The summed E-state index contributed by atoms with van der Waals surface area (Å²) in [6.07, 6.45) is 0.438. The number of ether oxygens (including phenoxy) is 2. The second kappa shape index (κ2) is 5.27. The Labute approximate surface area is 74.0 Å². The van der Waals surface area contributed by atoms with Crippen LogP contribution in [-0.4, -0.2) is 25.8 Å². The Morgan fingerprint density at radius 2 is 1.67 bits per heavy atom. The third-order valence-electron chi connectivity index (χ3n) is 1.55. The summed E-state index contributed by atoms with van der Waals surface area (Å²) in [4.78, 5) is 10.7. The fourth-order valence-electron chi connectivity index (χ4n) is 0.836. The second-order valence-electron chi connectivity index (χ2n) is 3.18. The smallest absolute Gasteiger partial charge is 0.169 e. The first-order valence-electron chi connectivity index (χ1n) is 4.28. The Balaban J connectivity index is 4.16. The van der Waals surface area contributed by atoms with Crippen molar-refractivity contribution < 1.29 is 14.3 Å². The van der Waals surface area contributed by atoms with E-state index in [0.29, 0.717) is 13.2 Å². The summed E-state index contributed by atoms with van der Waals surface area (Å²) in [7, 11) is 0. The average Bonchev–Trinajstić information content (AvgIpc) is 2.04. The highest BCUT2D eigenvalue weighted by Gasteiger charge is 2.30. The standard InChI is InChI=1S/C9H18O3/c1-5-11-8(12-6-2)9(3,4)7-10/h7-8H,5-6H2,1-4H3. The van der Waals surface area contributed by atoms with E-state index in [1.54, 1.807) is 13.8 Å². The van der Waals surface area contributed by atoms with Crippen LogP contribution in [0.3, 0.4) is 0 Å². The number of carbonyl (C=O) groups is 1. The molecule has 0 rings (SSSR count). The molecule has 0 bridgehead atoms. The number of rotatable bonds is 6. The Morgan fingerprint density at radius 1 is 1.25 bits per heavy atom. The minimum atomic E-state index is -0.563. The summed E-state index contributed by atoms with van der Waals surface area (Å²) in [5, 5.41) is 0. The number of hydrogen-bond acceptors (Lipinski definition) is 3. The molecule has 72 valence electrons. The normalized spacial score (nSPS) is 12.1. The molecule has 0 spiro atoms. The minimum Gasteiger partial charge on any atom is -0.352 e. The zero-order valence-corrected chi connectivity index (χ0v) is 8.29. The van der Waals surface area contributed by atoms with E-state index < -0.39 is 11.7 Å². The fourth-order valence-corrected chi connectivity index (χ4v) is 0.836. The predicted octanol–water partition coefficient (Wildman–Crippen LogP) is 1.61. The summed E-state index contributed by atoms with van der Waals surface area (Å²) >= 11 is 0. The molecule has 0 unspecified atom stereocenters. The van der Waals surface area contributed by atoms with Crippen molar-refractivity contribution in [2.45, 2.75) is 34.0 Å². The molecule has 0 atom stereocenters. The lowest BCUT2D eigenvalue weighted by Gasteiger charge is -2.28. The lowest BCUT2D eigenvalue weighted by atomic mass is 9.95. The molecular weight excluding hydrogens is 156 g/mol. The zero-order valence-electron chi connectivity index (χ0n) is 8.29. The van der Waals surface area contributed by atoms with Crippen molar-refractivity contribution in [1.29, 1.82) is 0 Å². The molecule has 12 heavy (non-hydrogen) atoms. The lowest BCUT2D eigenvalue weighted by molar-refractivity contribution is -0.190. The van der Waals surface area contributed by atoms with Crippen molar-refractivity contribution in [3.63, 3.8) is 0 Å². The average molecular weight is 174 g/mol. The van der Waals surface area contributed by atoms with Gasteiger partial charge in [0.05, 0.1) is 5.41 Å². The van der Waals surface area contributed by atoms with E-state index in [-0.39, 0.29) is 0 Å². The molecule has 0 aliphatic heterocycles. The maximum absolute atomic E-state index is 10.7. The van der Waals surface area contributed by atoms with Crippen LogP contribution in [0, 0.1) is 5.41 Å². The number of carbonyl (C=O) groups excluding carboxylic acids is 1. The van der Waals surface area contributed by atoms with Crippen molar-refractivity contribution in [3.8, 4) is 0 Å². The Bertz CT molecular complexity index is 126. The van der Waals surface area contributed by atoms with Crippen molar-refractivity contribution >= 4 is 6.29 Å². The van der Waals surface area contributed by atoms with Crippen LogP contribution in [0.4, 0.5) is 0 Å². The van der Waals surface area contributed by atoms with Gasteiger partial charge in [-0.2, -0.15) is 0 Å². The first-order chi connectivity index (χ1) is 5.58. The lowest BCUT2D eigenvalue weighted by Crippen LogP contribution is -2.35. The molecule has 0 aromatic carbocycles. The van der Waals surface area contributed by atoms with Gasteiger partial charge >= 0.3 is 0 Å². The summed E-state index contributed by atoms with van der Waals surface area (Å²) < 4.78 is 10.6. The maximum atomic E-state index is 10.7. The van der Waals surface area contributed by atoms with Gasteiger partial charge in [0.15, 0.2) is 6.29 Å². The van der Waals surface area contributed by atoms with Crippen molar-refractivity contribution in [3.05, 3.63) is 0 Å². The van der Waals surface area contributed by atoms with E-state index in [1.165, 1.54) is 0 Å².